The molecule has 3 aromatic rings. The molecule has 2 aromatic carbocycles. The fraction of sp³-hybridized carbons (Fsp3) is 0.263. The van der Waals surface area contributed by atoms with E-state index in [0.717, 1.165) is 23.1 Å². The maximum Gasteiger partial charge on any atom is 0.224 e. The minimum Gasteiger partial charge on any atom is -0.493 e. The Kier molecular flexibility index (Phi) is 4.71. The number of hydrogen-bond donors (Lipinski definition) is 0. The van der Waals surface area contributed by atoms with Crippen LogP contribution in [0.25, 0.3) is 10.9 Å². The molecule has 118 valence electrons. The first-order valence-electron chi connectivity index (χ1n) is 7.76. The molecule has 0 N–H and O–H groups in total. The van der Waals surface area contributed by atoms with Crippen LogP contribution in [0.3, 0.4) is 0 Å². The van der Waals surface area contributed by atoms with Crippen molar-refractivity contribution in [1.82, 2.24) is 9.97 Å². The van der Waals surface area contributed by atoms with E-state index in [0.29, 0.717) is 19.1 Å². The standard InChI is InChI=1S/C19H20N2O2/c1-14-10-15(2)12-16(11-14)22-8-5-9-23-19-17-6-3-4-7-18(17)20-13-21-19/h3-4,6-7,10-13H,5,8-9H2,1-2H3. The highest BCUT2D eigenvalue weighted by atomic mass is 16.5. The van der Waals surface area contributed by atoms with E-state index in [9.17, 15) is 0 Å². The lowest BCUT2D eigenvalue weighted by Crippen LogP contribution is -2.06. The maximum atomic E-state index is 5.78. The van der Waals surface area contributed by atoms with E-state index >= 15 is 0 Å². The Morgan fingerprint density at radius 1 is 0.870 bits per heavy atom. The zero-order valence-electron chi connectivity index (χ0n) is 13.5. The molecule has 0 radical (unpaired) electrons. The number of ether oxygens (including phenoxy) is 2. The van der Waals surface area contributed by atoms with Gasteiger partial charge in [-0.25, -0.2) is 9.97 Å². The molecule has 4 heteroatoms. The van der Waals surface area contributed by atoms with Gasteiger partial charge < -0.3 is 9.47 Å². The molecule has 0 saturated carbocycles. The lowest BCUT2D eigenvalue weighted by Gasteiger charge is -2.10. The average molecular weight is 308 g/mol. The fourth-order valence-corrected chi connectivity index (χ4v) is 2.53. The first-order valence-corrected chi connectivity index (χ1v) is 7.76. The summed E-state index contributed by atoms with van der Waals surface area (Å²) in [4.78, 5) is 8.44. The van der Waals surface area contributed by atoms with Crippen LogP contribution in [0.5, 0.6) is 11.6 Å². The Balaban J connectivity index is 1.51. The zero-order valence-corrected chi connectivity index (χ0v) is 13.5. The summed E-state index contributed by atoms with van der Waals surface area (Å²) < 4.78 is 11.6. The van der Waals surface area contributed by atoms with Crippen LogP contribution in [0.1, 0.15) is 17.5 Å². The van der Waals surface area contributed by atoms with Crippen LogP contribution in [0.2, 0.25) is 0 Å². The topological polar surface area (TPSA) is 44.2 Å². The highest BCUT2D eigenvalue weighted by Crippen LogP contribution is 2.20. The summed E-state index contributed by atoms with van der Waals surface area (Å²) in [5.41, 5.74) is 3.32. The van der Waals surface area contributed by atoms with Gasteiger partial charge in [-0.05, 0) is 49.2 Å². The van der Waals surface area contributed by atoms with Gasteiger partial charge in [-0.2, -0.15) is 0 Å². The van der Waals surface area contributed by atoms with Crippen LogP contribution in [-0.4, -0.2) is 23.2 Å². The molecular formula is C19H20N2O2. The van der Waals surface area contributed by atoms with Gasteiger partial charge in [0.05, 0.1) is 24.1 Å². The zero-order chi connectivity index (χ0) is 16.1. The number of aryl methyl sites for hydroxylation is 2. The van der Waals surface area contributed by atoms with Gasteiger partial charge in [0.15, 0.2) is 0 Å². The summed E-state index contributed by atoms with van der Waals surface area (Å²) in [5, 5.41) is 0.935. The minimum atomic E-state index is 0.561. The normalized spacial score (nSPS) is 10.7. The van der Waals surface area contributed by atoms with Gasteiger partial charge in [0, 0.05) is 6.42 Å². The SMILES string of the molecule is Cc1cc(C)cc(OCCCOc2ncnc3ccccc23)c1. The summed E-state index contributed by atoms with van der Waals surface area (Å²) in [7, 11) is 0. The van der Waals surface area contributed by atoms with Crippen molar-refractivity contribution < 1.29 is 9.47 Å². The first kappa shape index (κ1) is 15.3. The molecule has 4 nitrogen and oxygen atoms in total. The molecule has 3 rings (SSSR count). The van der Waals surface area contributed by atoms with Gasteiger partial charge in [-0.3, -0.25) is 0 Å². The smallest absolute Gasteiger partial charge is 0.224 e. The van der Waals surface area contributed by atoms with Crippen LogP contribution in [0, 0.1) is 13.8 Å². The molecule has 0 aliphatic carbocycles. The number of hydrogen-bond acceptors (Lipinski definition) is 4. The molecule has 0 bridgehead atoms. The predicted molar refractivity (Wildman–Crippen MR) is 91.1 cm³/mol. The number of aromatic nitrogens is 2. The summed E-state index contributed by atoms with van der Waals surface area (Å²) in [5.74, 6) is 1.54. The average Bonchev–Trinajstić information content (AvgIpc) is 2.54. The Labute approximate surface area is 136 Å². The van der Waals surface area contributed by atoms with Crippen molar-refractivity contribution in [3.8, 4) is 11.6 Å². The van der Waals surface area contributed by atoms with Crippen LogP contribution < -0.4 is 9.47 Å². The van der Waals surface area contributed by atoms with Crippen molar-refractivity contribution in [2.24, 2.45) is 0 Å². The molecular weight excluding hydrogens is 288 g/mol. The van der Waals surface area contributed by atoms with E-state index < -0.39 is 0 Å². The van der Waals surface area contributed by atoms with Gasteiger partial charge in [0.1, 0.15) is 12.1 Å². The number of benzene rings is 2. The van der Waals surface area contributed by atoms with Crippen molar-refractivity contribution in [2.45, 2.75) is 20.3 Å². The molecule has 0 saturated heterocycles. The van der Waals surface area contributed by atoms with E-state index in [1.807, 2.05) is 36.4 Å². The molecule has 1 aromatic heterocycles. The Morgan fingerprint density at radius 2 is 1.61 bits per heavy atom. The molecule has 0 aliphatic rings. The van der Waals surface area contributed by atoms with Gasteiger partial charge >= 0.3 is 0 Å². The summed E-state index contributed by atoms with van der Waals surface area (Å²) in [6.07, 6.45) is 2.33. The molecule has 0 atom stereocenters. The van der Waals surface area contributed by atoms with Gasteiger partial charge in [-0.15, -0.1) is 0 Å². The van der Waals surface area contributed by atoms with Crippen molar-refractivity contribution >= 4 is 10.9 Å². The van der Waals surface area contributed by atoms with Crippen molar-refractivity contribution in [2.75, 3.05) is 13.2 Å². The van der Waals surface area contributed by atoms with Gasteiger partial charge in [-0.1, -0.05) is 18.2 Å². The highest BCUT2D eigenvalue weighted by Gasteiger charge is 2.04. The molecule has 0 amide bonds. The van der Waals surface area contributed by atoms with E-state index in [-0.39, 0.29) is 0 Å². The quantitative estimate of drug-likeness (QED) is 0.643. The molecule has 0 spiro atoms. The second-order valence-electron chi connectivity index (χ2n) is 5.57. The van der Waals surface area contributed by atoms with Crippen LogP contribution in [-0.2, 0) is 0 Å². The van der Waals surface area contributed by atoms with Crippen LogP contribution in [0.4, 0.5) is 0 Å². The lowest BCUT2D eigenvalue weighted by molar-refractivity contribution is 0.244. The molecule has 23 heavy (non-hydrogen) atoms. The van der Waals surface area contributed by atoms with Crippen molar-refractivity contribution in [3.05, 3.63) is 59.9 Å². The van der Waals surface area contributed by atoms with Crippen molar-refractivity contribution in [3.63, 3.8) is 0 Å². The second kappa shape index (κ2) is 7.09. The molecule has 0 aliphatic heterocycles. The summed E-state index contributed by atoms with van der Waals surface area (Å²) in [6, 6.07) is 14.1. The summed E-state index contributed by atoms with van der Waals surface area (Å²) in [6.45, 7) is 5.32. The third-order valence-electron chi connectivity index (χ3n) is 3.50. The number of nitrogens with zero attached hydrogens (tertiary/aromatic N) is 2. The predicted octanol–water partition coefficient (Wildman–Crippen LogP) is 4.09. The Morgan fingerprint density at radius 3 is 2.43 bits per heavy atom. The second-order valence-corrected chi connectivity index (χ2v) is 5.57. The third kappa shape index (κ3) is 3.97. The first-order chi connectivity index (χ1) is 11.2. The molecule has 0 fully saturated rings. The van der Waals surface area contributed by atoms with Crippen LogP contribution >= 0.6 is 0 Å². The van der Waals surface area contributed by atoms with Crippen LogP contribution in [0.15, 0.2) is 48.8 Å². The number of rotatable bonds is 6. The molecule has 1 heterocycles. The Hall–Kier alpha value is -2.62. The monoisotopic (exact) mass is 308 g/mol. The fourth-order valence-electron chi connectivity index (χ4n) is 2.53. The van der Waals surface area contributed by atoms with Crippen molar-refractivity contribution in [1.29, 1.82) is 0 Å². The highest BCUT2D eigenvalue weighted by molar-refractivity contribution is 5.82. The van der Waals surface area contributed by atoms with E-state index in [2.05, 4.69) is 29.9 Å². The summed E-state index contributed by atoms with van der Waals surface area (Å²) >= 11 is 0. The van der Waals surface area contributed by atoms with E-state index in [1.54, 1.807) is 0 Å². The van der Waals surface area contributed by atoms with E-state index in [4.69, 9.17) is 9.47 Å². The van der Waals surface area contributed by atoms with E-state index in [1.165, 1.54) is 17.5 Å². The Bertz CT molecular complexity index is 777. The number of fused-ring (bicyclic) bond motifs is 1. The lowest BCUT2D eigenvalue weighted by atomic mass is 10.1. The third-order valence-corrected chi connectivity index (χ3v) is 3.50. The van der Waals surface area contributed by atoms with Gasteiger partial charge in [0.25, 0.3) is 0 Å². The number of para-hydroxylation sites is 1. The largest absolute Gasteiger partial charge is 0.493 e. The maximum absolute atomic E-state index is 5.78. The minimum absolute atomic E-state index is 0.561. The molecule has 0 unspecified atom stereocenters. The van der Waals surface area contributed by atoms with Gasteiger partial charge in [0.2, 0.25) is 5.88 Å².